The van der Waals surface area contributed by atoms with Crippen LogP contribution >= 0.6 is 0 Å². The number of rotatable bonds is 5. The van der Waals surface area contributed by atoms with E-state index < -0.39 is 6.10 Å². The minimum atomic E-state index is -0.658. The Balaban J connectivity index is 2.18. The summed E-state index contributed by atoms with van der Waals surface area (Å²) in [4.78, 5) is 11.4. The van der Waals surface area contributed by atoms with Gasteiger partial charge in [-0.05, 0) is 6.42 Å². The van der Waals surface area contributed by atoms with Gasteiger partial charge in [-0.3, -0.25) is 4.79 Å². The van der Waals surface area contributed by atoms with Crippen molar-refractivity contribution in [2.24, 2.45) is 0 Å². The molecule has 4 nitrogen and oxygen atoms in total. The fourth-order valence-corrected chi connectivity index (χ4v) is 1.59. The van der Waals surface area contributed by atoms with E-state index in [2.05, 4.69) is 6.92 Å². The maximum Gasteiger partial charge on any atom is 0.306 e. The highest BCUT2D eigenvalue weighted by Crippen LogP contribution is 2.13. The summed E-state index contributed by atoms with van der Waals surface area (Å²) < 4.78 is 10.2. The highest BCUT2D eigenvalue weighted by molar-refractivity contribution is 5.69. The van der Waals surface area contributed by atoms with Gasteiger partial charge in [-0.2, -0.15) is 0 Å². The first-order chi connectivity index (χ1) is 7.24. The fraction of sp³-hybridized carbons (Fsp3) is 0.909. The van der Waals surface area contributed by atoms with Crippen molar-refractivity contribution in [2.45, 2.75) is 51.2 Å². The zero-order chi connectivity index (χ0) is 11.1. The molecule has 4 heteroatoms. The van der Waals surface area contributed by atoms with Crippen molar-refractivity contribution in [1.29, 1.82) is 0 Å². The molecule has 0 aliphatic carbocycles. The van der Waals surface area contributed by atoms with Gasteiger partial charge in [0.25, 0.3) is 0 Å². The average molecular weight is 216 g/mol. The summed E-state index contributed by atoms with van der Waals surface area (Å²) in [7, 11) is 0. The molecule has 0 amide bonds. The minimum absolute atomic E-state index is 0.200. The van der Waals surface area contributed by atoms with Gasteiger partial charge in [0.2, 0.25) is 0 Å². The molecular weight excluding hydrogens is 196 g/mol. The Morgan fingerprint density at radius 2 is 2.33 bits per heavy atom. The van der Waals surface area contributed by atoms with Gasteiger partial charge in [-0.1, -0.05) is 19.8 Å². The molecule has 1 N–H and O–H groups in total. The van der Waals surface area contributed by atoms with E-state index in [0.717, 1.165) is 19.3 Å². The van der Waals surface area contributed by atoms with Gasteiger partial charge in [-0.25, -0.2) is 0 Å². The van der Waals surface area contributed by atoms with Gasteiger partial charge in [0.1, 0.15) is 12.2 Å². The molecule has 0 spiro atoms. The number of esters is 1. The Hall–Kier alpha value is -0.610. The van der Waals surface area contributed by atoms with E-state index in [1.165, 1.54) is 0 Å². The number of aliphatic hydroxyl groups excluding tert-OH is 1. The predicted molar refractivity (Wildman–Crippen MR) is 55.5 cm³/mol. The van der Waals surface area contributed by atoms with Crippen LogP contribution in [0.15, 0.2) is 0 Å². The number of hydrogen-bond donors (Lipinski definition) is 1. The van der Waals surface area contributed by atoms with Gasteiger partial charge < -0.3 is 14.6 Å². The van der Waals surface area contributed by atoms with E-state index in [-0.39, 0.29) is 18.7 Å². The van der Waals surface area contributed by atoms with Crippen LogP contribution in [0.5, 0.6) is 0 Å². The summed E-state index contributed by atoms with van der Waals surface area (Å²) in [5.41, 5.74) is 0. The first kappa shape index (κ1) is 12.5. The lowest BCUT2D eigenvalue weighted by Gasteiger charge is -2.27. The molecule has 0 aromatic heterocycles. The number of carbonyl (C=O) groups is 1. The Kier molecular flexibility index (Phi) is 5.65. The van der Waals surface area contributed by atoms with E-state index >= 15 is 0 Å². The highest BCUT2D eigenvalue weighted by Gasteiger charge is 2.26. The van der Waals surface area contributed by atoms with Crippen molar-refractivity contribution in [3.63, 3.8) is 0 Å². The van der Waals surface area contributed by atoms with Crippen LogP contribution in [0.3, 0.4) is 0 Å². The molecule has 1 saturated heterocycles. The van der Waals surface area contributed by atoms with Gasteiger partial charge in [0.05, 0.1) is 13.2 Å². The summed E-state index contributed by atoms with van der Waals surface area (Å²) in [6, 6.07) is 0. The SMILES string of the molecule is CCCCCC(=O)OC1CCOCC1O. The first-order valence-corrected chi connectivity index (χ1v) is 5.69. The van der Waals surface area contributed by atoms with E-state index in [0.29, 0.717) is 19.4 Å². The first-order valence-electron chi connectivity index (χ1n) is 5.69. The van der Waals surface area contributed by atoms with Gasteiger partial charge in [0.15, 0.2) is 0 Å². The molecule has 2 atom stereocenters. The van der Waals surface area contributed by atoms with Crippen molar-refractivity contribution in [1.82, 2.24) is 0 Å². The number of carbonyl (C=O) groups excluding carboxylic acids is 1. The Morgan fingerprint density at radius 1 is 1.53 bits per heavy atom. The lowest BCUT2D eigenvalue weighted by atomic mass is 10.1. The monoisotopic (exact) mass is 216 g/mol. The van der Waals surface area contributed by atoms with Crippen LogP contribution in [0, 0.1) is 0 Å². The topological polar surface area (TPSA) is 55.8 Å². The molecule has 1 rings (SSSR count). The largest absolute Gasteiger partial charge is 0.459 e. The molecule has 1 aliphatic rings. The van der Waals surface area contributed by atoms with Crippen molar-refractivity contribution in [3.8, 4) is 0 Å². The summed E-state index contributed by atoms with van der Waals surface area (Å²) in [6.07, 6.45) is 3.04. The van der Waals surface area contributed by atoms with Crippen LogP contribution in [0.25, 0.3) is 0 Å². The standard InChI is InChI=1S/C11H20O4/c1-2-3-4-5-11(13)15-10-6-7-14-8-9(10)12/h9-10,12H,2-8H2,1H3. The van der Waals surface area contributed by atoms with E-state index in [4.69, 9.17) is 9.47 Å². The van der Waals surface area contributed by atoms with Crippen LogP contribution in [0.4, 0.5) is 0 Å². The second-order valence-electron chi connectivity index (χ2n) is 3.92. The molecule has 1 heterocycles. The van der Waals surface area contributed by atoms with Crippen LogP contribution < -0.4 is 0 Å². The van der Waals surface area contributed by atoms with Crippen LogP contribution in [0.1, 0.15) is 39.0 Å². The molecule has 0 aromatic rings. The molecule has 1 fully saturated rings. The van der Waals surface area contributed by atoms with Gasteiger partial charge >= 0.3 is 5.97 Å². The normalized spacial score (nSPS) is 26.3. The minimum Gasteiger partial charge on any atom is -0.459 e. The average Bonchev–Trinajstić information content (AvgIpc) is 2.22. The zero-order valence-corrected chi connectivity index (χ0v) is 9.28. The van der Waals surface area contributed by atoms with Crippen molar-refractivity contribution in [2.75, 3.05) is 13.2 Å². The van der Waals surface area contributed by atoms with Gasteiger partial charge in [-0.15, -0.1) is 0 Å². The van der Waals surface area contributed by atoms with Crippen molar-refractivity contribution < 1.29 is 19.4 Å². The quantitative estimate of drug-likeness (QED) is 0.555. The summed E-state index contributed by atoms with van der Waals surface area (Å²) >= 11 is 0. The van der Waals surface area contributed by atoms with Crippen LogP contribution in [-0.2, 0) is 14.3 Å². The number of ether oxygens (including phenoxy) is 2. The molecule has 0 bridgehead atoms. The highest BCUT2D eigenvalue weighted by atomic mass is 16.6. The van der Waals surface area contributed by atoms with E-state index in [9.17, 15) is 9.90 Å². The lowest BCUT2D eigenvalue weighted by Crippen LogP contribution is -2.39. The van der Waals surface area contributed by atoms with E-state index in [1.54, 1.807) is 0 Å². The second-order valence-corrected chi connectivity index (χ2v) is 3.92. The molecule has 88 valence electrons. The Bertz CT molecular complexity index is 193. The third-order valence-corrected chi connectivity index (χ3v) is 2.53. The smallest absolute Gasteiger partial charge is 0.306 e. The lowest BCUT2D eigenvalue weighted by molar-refractivity contribution is -0.165. The van der Waals surface area contributed by atoms with E-state index in [1.807, 2.05) is 0 Å². The Labute approximate surface area is 90.6 Å². The van der Waals surface area contributed by atoms with Gasteiger partial charge in [0, 0.05) is 12.8 Å². The number of unbranched alkanes of at least 4 members (excludes halogenated alkanes) is 2. The predicted octanol–water partition coefficient (Wildman–Crippen LogP) is 1.26. The fourth-order valence-electron chi connectivity index (χ4n) is 1.59. The zero-order valence-electron chi connectivity index (χ0n) is 9.28. The maximum atomic E-state index is 11.4. The summed E-state index contributed by atoms with van der Waals surface area (Å²) in [5.74, 6) is -0.200. The molecule has 2 unspecified atom stereocenters. The Morgan fingerprint density at radius 3 is 3.00 bits per heavy atom. The molecule has 0 saturated carbocycles. The molecule has 0 aromatic carbocycles. The van der Waals surface area contributed by atoms with Crippen molar-refractivity contribution in [3.05, 3.63) is 0 Å². The third kappa shape index (κ3) is 4.62. The van der Waals surface area contributed by atoms with Crippen molar-refractivity contribution >= 4 is 5.97 Å². The maximum absolute atomic E-state index is 11.4. The molecule has 1 aliphatic heterocycles. The second kappa shape index (κ2) is 6.80. The number of aliphatic hydroxyl groups is 1. The summed E-state index contributed by atoms with van der Waals surface area (Å²) in [5, 5.41) is 9.49. The summed E-state index contributed by atoms with van der Waals surface area (Å²) in [6.45, 7) is 2.92. The van der Waals surface area contributed by atoms with Crippen LogP contribution in [-0.4, -0.2) is 36.5 Å². The molecular formula is C11H20O4. The molecule has 15 heavy (non-hydrogen) atoms. The number of hydrogen-bond acceptors (Lipinski definition) is 4. The van der Waals surface area contributed by atoms with Crippen LogP contribution in [0.2, 0.25) is 0 Å². The third-order valence-electron chi connectivity index (χ3n) is 2.53. The molecule has 0 radical (unpaired) electrons.